The van der Waals surface area contributed by atoms with E-state index in [9.17, 15) is 0 Å². The van der Waals surface area contributed by atoms with Crippen molar-refractivity contribution in [3.8, 4) is 0 Å². The van der Waals surface area contributed by atoms with Crippen molar-refractivity contribution in [1.29, 1.82) is 0 Å². The third-order valence-corrected chi connectivity index (χ3v) is 3.48. The number of hydrogen-bond donors (Lipinski definition) is 1. The minimum Gasteiger partial charge on any atom is -0.465 e. The molecule has 0 saturated carbocycles. The van der Waals surface area contributed by atoms with Crippen LogP contribution in [0.25, 0.3) is 0 Å². The summed E-state index contributed by atoms with van der Waals surface area (Å²) in [4.78, 5) is 0. The van der Waals surface area contributed by atoms with Gasteiger partial charge in [0.1, 0.15) is 11.5 Å². The highest BCUT2D eigenvalue weighted by molar-refractivity contribution is 5.20. The van der Waals surface area contributed by atoms with Crippen molar-refractivity contribution < 1.29 is 9.15 Å². The molecule has 114 valence electrons. The summed E-state index contributed by atoms with van der Waals surface area (Å²) < 4.78 is 11.5. The van der Waals surface area contributed by atoms with Gasteiger partial charge in [-0.2, -0.15) is 0 Å². The Balaban J connectivity index is 1.67. The van der Waals surface area contributed by atoms with Gasteiger partial charge in [0.15, 0.2) is 0 Å². The maximum Gasteiger partial charge on any atom is 0.118 e. The summed E-state index contributed by atoms with van der Waals surface area (Å²) in [6.45, 7) is 7.24. The third kappa shape index (κ3) is 5.37. The molecule has 0 aliphatic carbocycles. The Morgan fingerprint density at radius 1 is 1.19 bits per heavy atom. The van der Waals surface area contributed by atoms with Crippen LogP contribution in [0.2, 0.25) is 0 Å². The standard InChI is InChI=1S/C18H25NO2/c1-3-19-13-18-12-17(15(2)21-18)14-20-11-7-10-16-8-5-4-6-9-16/h4-6,8-9,12,19H,3,7,10-11,13-14H2,1-2H3. The molecule has 0 saturated heterocycles. The lowest BCUT2D eigenvalue weighted by Gasteiger charge is -2.03. The zero-order valence-electron chi connectivity index (χ0n) is 13.0. The van der Waals surface area contributed by atoms with Gasteiger partial charge in [-0.3, -0.25) is 0 Å². The van der Waals surface area contributed by atoms with Gasteiger partial charge in [-0.25, -0.2) is 0 Å². The van der Waals surface area contributed by atoms with Gasteiger partial charge in [-0.1, -0.05) is 37.3 Å². The van der Waals surface area contributed by atoms with Crippen LogP contribution >= 0.6 is 0 Å². The topological polar surface area (TPSA) is 34.4 Å². The first-order chi connectivity index (χ1) is 10.3. The highest BCUT2D eigenvalue weighted by Crippen LogP contribution is 2.15. The molecule has 1 heterocycles. The van der Waals surface area contributed by atoms with Gasteiger partial charge in [0.2, 0.25) is 0 Å². The second-order valence-electron chi connectivity index (χ2n) is 5.22. The predicted octanol–water partition coefficient (Wildman–Crippen LogP) is 3.85. The van der Waals surface area contributed by atoms with E-state index < -0.39 is 0 Å². The van der Waals surface area contributed by atoms with E-state index in [0.29, 0.717) is 6.61 Å². The lowest BCUT2D eigenvalue weighted by molar-refractivity contribution is 0.118. The molecule has 1 aromatic carbocycles. The van der Waals surface area contributed by atoms with Crippen molar-refractivity contribution in [2.24, 2.45) is 0 Å². The zero-order chi connectivity index (χ0) is 14.9. The van der Waals surface area contributed by atoms with E-state index in [1.54, 1.807) is 0 Å². The average Bonchev–Trinajstić information content (AvgIpc) is 2.86. The lowest BCUT2D eigenvalue weighted by Crippen LogP contribution is -2.10. The van der Waals surface area contributed by atoms with Gasteiger partial charge < -0.3 is 14.5 Å². The van der Waals surface area contributed by atoms with Crippen molar-refractivity contribution in [2.45, 2.75) is 39.8 Å². The van der Waals surface area contributed by atoms with Crippen LogP contribution < -0.4 is 5.32 Å². The molecule has 0 radical (unpaired) electrons. The van der Waals surface area contributed by atoms with Crippen LogP contribution in [0.5, 0.6) is 0 Å². The number of ether oxygens (including phenoxy) is 1. The zero-order valence-corrected chi connectivity index (χ0v) is 13.0. The molecule has 0 fully saturated rings. The molecule has 2 rings (SSSR count). The Labute approximate surface area is 127 Å². The SMILES string of the molecule is CCNCc1cc(COCCCc2ccccc2)c(C)o1. The minimum absolute atomic E-state index is 0.635. The molecule has 0 unspecified atom stereocenters. The van der Waals surface area contributed by atoms with Crippen LogP contribution in [0, 0.1) is 6.92 Å². The first-order valence-electron chi connectivity index (χ1n) is 7.70. The largest absolute Gasteiger partial charge is 0.465 e. The summed E-state index contributed by atoms with van der Waals surface area (Å²) in [5.74, 6) is 1.95. The van der Waals surface area contributed by atoms with Crippen LogP contribution in [-0.2, 0) is 24.3 Å². The summed E-state index contributed by atoms with van der Waals surface area (Å²) in [5, 5.41) is 3.27. The van der Waals surface area contributed by atoms with Gasteiger partial charge in [0.25, 0.3) is 0 Å². The lowest BCUT2D eigenvalue weighted by atomic mass is 10.1. The maximum atomic E-state index is 5.76. The number of furan rings is 1. The van der Waals surface area contributed by atoms with Crippen molar-refractivity contribution >= 4 is 0 Å². The fourth-order valence-corrected chi connectivity index (χ4v) is 2.27. The molecule has 3 nitrogen and oxygen atoms in total. The molecule has 1 aromatic heterocycles. The number of hydrogen-bond acceptors (Lipinski definition) is 3. The van der Waals surface area contributed by atoms with Gasteiger partial charge in [0.05, 0.1) is 13.2 Å². The molecule has 0 spiro atoms. The third-order valence-electron chi connectivity index (χ3n) is 3.48. The quantitative estimate of drug-likeness (QED) is 0.711. The summed E-state index contributed by atoms with van der Waals surface area (Å²) in [5.41, 5.74) is 2.52. The van der Waals surface area contributed by atoms with Crippen molar-refractivity contribution in [3.63, 3.8) is 0 Å². The summed E-state index contributed by atoms with van der Waals surface area (Å²) in [6.07, 6.45) is 2.11. The van der Waals surface area contributed by atoms with Crippen molar-refractivity contribution in [2.75, 3.05) is 13.2 Å². The van der Waals surface area contributed by atoms with Gasteiger partial charge in [0, 0.05) is 12.2 Å². The van der Waals surface area contributed by atoms with E-state index in [1.807, 2.05) is 13.0 Å². The van der Waals surface area contributed by atoms with E-state index in [1.165, 1.54) is 5.56 Å². The molecule has 0 bridgehead atoms. The predicted molar refractivity (Wildman–Crippen MR) is 85.2 cm³/mol. The molecule has 3 heteroatoms. The Bertz CT molecular complexity index is 519. The summed E-state index contributed by atoms with van der Waals surface area (Å²) in [7, 11) is 0. The van der Waals surface area contributed by atoms with E-state index >= 15 is 0 Å². The number of benzene rings is 1. The van der Waals surface area contributed by atoms with E-state index in [4.69, 9.17) is 9.15 Å². The highest BCUT2D eigenvalue weighted by atomic mass is 16.5. The van der Waals surface area contributed by atoms with Gasteiger partial charge in [-0.05, 0) is 37.9 Å². The van der Waals surface area contributed by atoms with E-state index in [2.05, 4.69) is 42.6 Å². The van der Waals surface area contributed by atoms with Crippen LogP contribution in [0.3, 0.4) is 0 Å². The molecule has 0 aliphatic heterocycles. The Morgan fingerprint density at radius 2 is 2.00 bits per heavy atom. The minimum atomic E-state index is 0.635. The second-order valence-corrected chi connectivity index (χ2v) is 5.22. The first kappa shape index (κ1) is 15.8. The van der Waals surface area contributed by atoms with E-state index in [-0.39, 0.29) is 0 Å². The molecular weight excluding hydrogens is 262 g/mol. The maximum absolute atomic E-state index is 5.76. The Kier molecular flexibility index (Phi) is 6.51. The van der Waals surface area contributed by atoms with Crippen LogP contribution in [0.4, 0.5) is 0 Å². The molecule has 0 aliphatic rings. The molecule has 1 N–H and O–H groups in total. The van der Waals surface area contributed by atoms with Gasteiger partial charge in [-0.15, -0.1) is 0 Å². The Hall–Kier alpha value is -1.58. The molecule has 2 aromatic rings. The summed E-state index contributed by atoms with van der Waals surface area (Å²) in [6, 6.07) is 12.6. The highest BCUT2D eigenvalue weighted by Gasteiger charge is 2.07. The first-order valence-corrected chi connectivity index (χ1v) is 7.70. The van der Waals surface area contributed by atoms with Crippen molar-refractivity contribution in [3.05, 3.63) is 59.0 Å². The van der Waals surface area contributed by atoms with Gasteiger partial charge >= 0.3 is 0 Å². The molecule has 21 heavy (non-hydrogen) atoms. The number of rotatable bonds is 9. The fraction of sp³-hybridized carbons (Fsp3) is 0.444. The number of nitrogens with one attached hydrogen (secondary N) is 1. The summed E-state index contributed by atoms with van der Waals surface area (Å²) >= 11 is 0. The van der Waals surface area contributed by atoms with Crippen LogP contribution in [0.15, 0.2) is 40.8 Å². The number of aryl methyl sites for hydroxylation is 2. The van der Waals surface area contributed by atoms with E-state index in [0.717, 1.165) is 49.6 Å². The average molecular weight is 287 g/mol. The van der Waals surface area contributed by atoms with Crippen LogP contribution in [-0.4, -0.2) is 13.2 Å². The van der Waals surface area contributed by atoms with Crippen molar-refractivity contribution in [1.82, 2.24) is 5.32 Å². The Morgan fingerprint density at radius 3 is 2.76 bits per heavy atom. The normalized spacial score (nSPS) is 11.0. The van der Waals surface area contributed by atoms with Crippen LogP contribution in [0.1, 0.15) is 36.0 Å². The molecule has 0 atom stereocenters. The second kappa shape index (κ2) is 8.65. The fourth-order valence-electron chi connectivity index (χ4n) is 2.27. The molecule has 0 amide bonds. The smallest absolute Gasteiger partial charge is 0.118 e. The monoisotopic (exact) mass is 287 g/mol. The molecular formula is C18H25NO2.